The Hall–Kier alpha value is -1.55. The molecule has 1 amide bonds. The predicted octanol–water partition coefficient (Wildman–Crippen LogP) is 3.52. The van der Waals surface area contributed by atoms with Gasteiger partial charge in [0, 0.05) is 32.2 Å². The van der Waals surface area contributed by atoms with E-state index in [2.05, 4.69) is 36.1 Å². The number of benzene rings is 1. The Balaban J connectivity index is 1.95. The first-order valence-corrected chi connectivity index (χ1v) is 8.11. The average molecular weight is 304 g/mol. The van der Waals surface area contributed by atoms with Crippen LogP contribution in [0, 0.1) is 0 Å². The van der Waals surface area contributed by atoms with Crippen LogP contribution >= 0.6 is 0 Å². The minimum absolute atomic E-state index is 0.194. The molecule has 1 aliphatic rings. The van der Waals surface area contributed by atoms with Gasteiger partial charge in [0.05, 0.1) is 0 Å². The molecule has 0 aromatic heterocycles. The van der Waals surface area contributed by atoms with Crippen LogP contribution in [-0.4, -0.2) is 47.2 Å². The summed E-state index contributed by atoms with van der Waals surface area (Å²) in [6.07, 6.45) is 0.789. The van der Waals surface area contributed by atoms with E-state index in [4.69, 9.17) is 4.74 Å². The first kappa shape index (κ1) is 16.8. The lowest BCUT2D eigenvalue weighted by molar-refractivity contribution is 0.0235. The summed E-state index contributed by atoms with van der Waals surface area (Å²) in [5, 5.41) is 0. The molecule has 0 unspecified atom stereocenters. The third-order valence-electron chi connectivity index (χ3n) is 3.86. The maximum absolute atomic E-state index is 12.3. The molecule has 1 atom stereocenters. The highest BCUT2D eigenvalue weighted by Crippen LogP contribution is 2.17. The van der Waals surface area contributed by atoms with Crippen molar-refractivity contribution in [3.8, 4) is 0 Å². The highest BCUT2D eigenvalue weighted by Gasteiger charge is 2.27. The molecular formula is C18H28N2O2. The smallest absolute Gasteiger partial charge is 0.410 e. The van der Waals surface area contributed by atoms with Crippen LogP contribution in [0.2, 0.25) is 0 Å². The van der Waals surface area contributed by atoms with E-state index in [-0.39, 0.29) is 6.09 Å². The van der Waals surface area contributed by atoms with Gasteiger partial charge in [-0.05, 0) is 39.7 Å². The van der Waals surface area contributed by atoms with Gasteiger partial charge in [0.1, 0.15) is 5.60 Å². The summed E-state index contributed by atoms with van der Waals surface area (Å²) in [4.78, 5) is 16.6. The van der Waals surface area contributed by atoms with Crippen molar-refractivity contribution in [2.45, 2.75) is 52.3 Å². The fourth-order valence-corrected chi connectivity index (χ4v) is 2.76. The van der Waals surface area contributed by atoms with Gasteiger partial charge in [0.25, 0.3) is 0 Å². The summed E-state index contributed by atoms with van der Waals surface area (Å²) >= 11 is 0. The van der Waals surface area contributed by atoms with E-state index in [1.165, 1.54) is 5.56 Å². The maximum Gasteiger partial charge on any atom is 0.410 e. The van der Waals surface area contributed by atoms with Crippen molar-refractivity contribution in [1.29, 1.82) is 0 Å². The largest absolute Gasteiger partial charge is 0.444 e. The van der Waals surface area contributed by atoms with E-state index in [0.29, 0.717) is 6.04 Å². The molecule has 1 aliphatic heterocycles. The van der Waals surface area contributed by atoms with Crippen molar-refractivity contribution in [1.82, 2.24) is 9.80 Å². The molecule has 2 rings (SSSR count). The molecule has 0 bridgehead atoms. The van der Waals surface area contributed by atoms with Crippen molar-refractivity contribution in [3.63, 3.8) is 0 Å². The lowest BCUT2D eigenvalue weighted by Gasteiger charge is -2.30. The van der Waals surface area contributed by atoms with Crippen LogP contribution in [0.25, 0.3) is 0 Å². The van der Waals surface area contributed by atoms with Gasteiger partial charge in [-0.25, -0.2) is 4.79 Å². The molecule has 1 aromatic rings. The van der Waals surface area contributed by atoms with E-state index in [0.717, 1.165) is 32.6 Å². The van der Waals surface area contributed by atoms with Gasteiger partial charge >= 0.3 is 6.09 Å². The van der Waals surface area contributed by atoms with Gasteiger partial charge in [-0.1, -0.05) is 30.3 Å². The monoisotopic (exact) mass is 304 g/mol. The van der Waals surface area contributed by atoms with Gasteiger partial charge in [0.2, 0.25) is 0 Å². The van der Waals surface area contributed by atoms with Crippen molar-refractivity contribution < 1.29 is 9.53 Å². The topological polar surface area (TPSA) is 32.8 Å². The summed E-state index contributed by atoms with van der Waals surface area (Å²) in [6, 6.07) is 10.8. The Kier molecular flexibility index (Phi) is 5.46. The van der Waals surface area contributed by atoms with E-state index in [9.17, 15) is 4.79 Å². The van der Waals surface area contributed by atoms with Crippen LogP contribution < -0.4 is 0 Å². The quantitative estimate of drug-likeness (QED) is 0.838. The van der Waals surface area contributed by atoms with Crippen molar-refractivity contribution in [3.05, 3.63) is 35.9 Å². The Morgan fingerprint density at radius 1 is 1.23 bits per heavy atom. The number of carbonyl (C=O) groups excluding carboxylic acids is 1. The minimum Gasteiger partial charge on any atom is -0.444 e. The van der Waals surface area contributed by atoms with Gasteiger partial charge in [-0.15, -0.1) is 0 Å². The number of nitrogens with zero attached hydrogens (tertiary/aromatic N) is 2. The van der Waals surface area contributed by atoms with E-state index in [1.54, 1.807) is 0 Å². The number of ether oxygens (including phenoxy) is 1. The zero-order valence-electron chi connectivity index (χ0n) is 14.2. The highest BCUT2D eigenvalue weighted by atomic mass is 16.6. The standard InChI is InChI=1S/C18H28N2O2/c1-15-13-20(17(21)22-18(2,3)4)12-8-11-19(15)14-16-9-6-5-7-10-16/h5-7,9-10,15H,8,11-14H2,1-4H3/t15-/m1/s1. The summed E-state index contributed by atoms with van der Waals surface area (Å²) in [5.41, 5.74) is 0.885. The molecule has 4 heteroatoms. The Labute approximate surface area is 134 Å². The number of hydrogen-bond acceptors (Lipinski definition) is 3. The average Bonchev–Trinajstić information content (AvgIpc) is 2.61. The van der Waals surface area contributed by atoms with Crippen LogP contribution in [0.15, 0.2) is 30.3 Å². The fraction of sp³-hybridized carbons (Fsp3) is 0.611. The minimum atomic E-state index is -0.434. The van der Waals surface area contributed by atoms with Crippen molar-refractivity contribution >= 4 is 6.09 Å². The van der Waals surface area contributed by atoms with E-state index < -0.39 is 5.60 Å². The second-order valence-electron chi connectivity index (χ2n) is 7.09. The molecule has 0 aliphatic carbocycles. The summed E-state index contributed by atoms with van der Waals surface area (Å²) in [7, 11) is 0. The van der Waals surface area contributed by atoms with Crippen LogP contribution in [0.3, 0.4) is 0 Å². The first-order valence-electron chi connectivity index (χ1n) is 8.11. The third-order valence-corrected chi connectivity index (χ3v) is 3.86. The molecule has 1 fully saturated rings. The van der Waals surface area contributed by atoms with Crippen LogP contribution in [0.5, 0.6) is 0 Å². The molecule has 1 aromatic carbocycles. The molecule has 0 spiro atoms. The van der Waals surface area contributed by atoms with Crippen LogP contribution in [0.1, 0.15) is 39.7 Å². The highest BCUT2D eigenvalue weighted by molar-refractivity contribution is 5.68. The predicted molar refractivity (Wildman–Crippen MR) is 88.7 cm³/mol. The molecule has 0 radical (unpaired) electrons. The Morgan fingerprint density at radius 2 is 1.91 bits per heavy atom. The van der Waals surface area contributed by atoms with E-state index >= 15 is 0 Å². The molecule has 0 N–H and O–H groups in total. The molecule has 122 valence electrons. The zero-order chi connectivity index (χ0) is 16.2. The fourth-order valence-electron chi connectivity index (χ4n) is 2.76. The van der Waals surface area contributed by atoms with Crippen LogP contribution in [-0.2, 0) is 11.3 Å². The number of amides is 1. The van der Waals surface area contributed by atoms with Crippen molar-refractivity contribution in [2.24, 2.45) is 0 Å². The molecule has 1 saturated heterocycles. The van der Waals surface area contributed by atoms with Gasteiger partial charge < -0.3 is 9.64 Å². The van der Waals surface area contributed by atoms with Crippen molar-refractivity contribution in [2.75, 3.05) is 19.6 Å². The lowest BCUT2D eigenvalue weighted by Crippen LogP contribution is -2.42. The number of hydrogen-bond donors (Lipinski definition) is 0. The number of carbonyl (C=O) groups is 1. The first-order chi connectivity index (χ1) is 10.3. The lowest BCUT2D eigenvalue weighted by atomic mass is 10.2. The SMILES string of the molecule is C[C@@H]1CN(C(=O)OC(C)(C)C)CCCN1Cc1ccccc1. The normalized spacial score (nSPS) is 20.5. The zero-order valence-corrected chi connectivity index (χ0v) is 14.2. The Morgan fingerprint density at radius 3 is 2.55 bits per heavy atom. The second-order valence-corrected chi connectivity index (χ2v) is 7.09. The van der Waals surface area contributed by atoms with Gasteiger partial charge in [-0.2, -0.15) is 0 Å². The van der Waals surface area contributed by atoms with Gasteiger partial charge in [0.15, 0.2) is 0 Å². The third kappa shape index (κ3) is 5.02. The number of rotatable bonds is 2. The van der Waals surface area contributed by atoms with Crippen LogP contribution in [0.4, 0.5) is 4.79 Å². The summed E-state index contributed by atoms with van der Waals surface area (Å²) in [6.45, 7) is 11.4. The Bertz CT molecular complexity index is 482. The maximum atomic E-state index is 12.3. The molecular weight excluding hydrogens is 276 g/mol. The summed E-state index contributed by atoms with van der Waals surface area (Å²) in [5.74, 6) is 0. The second kappa shape index (κ2) is 7.14. The molecule has 1 heterocycles. The molecule has 4 nitrogen and oxygen atoms in total. The summed E-state index contributed by atoms with van der Waals surface area (Å²) < 4.78 is 5.50. The van der Waals surface area contributed by atoms with Gasteiger partial charge in [-0.3, -0.25) is 4.90 Å². The molecule has 0 saturated carbocycles. The van der Waals surface area contributed by atoms with E-state index in [1.807, 2.05) is 31.7 Å². The molecule has 22 heavy (non-hydrogen) atoms.